The van der Waals surface area contributed by atoms with E-state index in [4.69, 9.17) is 0 Å². The molecule has 26 heavy (non-hydrogen) atoms. The first-order valence-electron chi connectivity index (χ1n) is 8.66. The van der Waals surface area contributed by atoms with E-state index in [1.807, 2.05) is 89.9 Å². The van der Waals surface area contributed by atoms with Crippen molar-refractivity contribution in [1.82, 2.24) is 15.1 Å². The third kappa shape index (κ3) is 3.35. The van der Waals surface area contributed by atoms with Gasteiger partial charge in [0.05, 0.1) is 11.9 Å². The first-order chi connectivity index (χ1) is 12.8. The third-order valence-electron chi connectivity index (χ3n) is 4.39. The molecule has 0 fully saturated rings. The second-order valence-corrected chi connectivity index (χ2v) is 6.16. The molecule has 1 aromatic heterocycles. The maximum atomic E-state index is 12.5. The van der Waals surface area contributed by atoms with E-state index in [9.17, 15) is 4.79 Å². The Balaban J connectivity index is 1.40. The van der Waals surface area contributed by atoms with Gasteiger partial charge in [-0.2, -0.15) is 5.10 Å². The summed E-state index contributed by atoms with van der Waals surface area (Å²) in [5.41, 5.74) is 2.83. The van der Waals surface area contributed by atoms with Crippen LogP contribution >= 0.6 is 0 Å². The highest BCUT2D eigenvalue weighted by Crippen LogP contribution is 2.18. The average molecular weight is 341 g/mol. The fourth-order valence-electron chi connectivity index (χ4n) is 3.05. The molecule has 1 heterocycles. The average Bonchev–Trinajstić information content (AvgIpc) is 3.17. The number of nitrogens with one attached hydrogen (secondary N) is 1. The molecule has 4 heteroatoms. The van der Waals surface area contributed by atoms with Crippen LogP contribution in [-0.4, -0.2) is 22.2 Å². The molecular formula is C22H19N3O. The van der Waals surface area contributed by atoms with Gasteiger partial charge in [-0.15, -0.1) is 0 Å². The lowest BCUT2D eigenvalue weighted by atomic mass is 10.0. The van der Waals surface area contributed by atoms with Crippen molar-refractivity contribution in [2.45, 2.75) is 6.42 Å². The number of rotatable bonds is 5. The Morgan fingerprint density at radius 3 is 2.58 bits per heavy atom. The minimum Gasteiger partial charge on any atom is -0.352 e. The van der Waals surface area contributed by atoms with Crippen LogP contribution in [0.5, 0.6) is 0 Å². The summed E-state index contributed by atoms with van der Waals surface area (Å²) in [6, 6.07) is 23.7. The molecule has 4 rings (SSSR count). The largest absolute Gasteiger partial charge is 0.352 e. The lowest BCUT2D eigenvalue weighted by Crippen LogP contribution is -2.25. The predicted octanol–water partition coefficient (Wildman–Crippen LogP) is 4.00. The molecule has 0 saturated carbocycles. The molecule has 3 aromatic carbocycles. The van der Waals surface area contributed by atoms with Crippen LogP contribution in [0.3, 0.4) is 0 Å². The van der Waals surface area contributed by atoms with Crippen LogP contribution in [0.25, 0.3) is 16.5 Å². The van der Waals surface area contributed by atoms with Gasteiger partial charge in [-0.05, 0) is 41.0 Å². The molecule has 128 valence electrons. The molecule has 0 saturated heterocycles. The zero-order valence-electron chi connectivity index (χ0n) is 14.3. The van der Waals surface area contributed by atoms with E-state index in [1.165, 1.54) is 0 Å². The summed E-state index contributed by atoms with van der Waals surface area (Å²) in [4.78, 5) is 12.5. The molecule has 0 unspecified atom stereocenters. The van der Waals surface area contributed by atoms with E-state index < -0.39 is 0 Å². The minimum atomic E-state index is -0.0442. The number of para-hydroxylation sites is 1. The molecule has 0 atom stereocenters. The number of hydrogen-bond donors (Lipinski definition) is 1. The number of carbonyl (C=O) groups excluding carboxylic acids is 1. The van der Waals surface area contributed by atoms with E-state index in [0.29, 0.717) is 12.1 Å². The van der Waals surface area contributed by atoms with Crippen molar-refractivity contribution < 1.29 is 4.79 Å². The molecule has 0 spiro atoms. The standard InChI is InChI=1S/C22H19N3O/c26-22(21-12-6-8-18-7-4-5-11-20(18)21)23-14-13-17-15-24-25(16-17)19-9-2-1-3-10-19/h1-12,15-16H,13-14H2,(H,23,26). The van der Waals surface area contributed by atoms with Gasteiger partial charge in [0.1, 0.15) is 0 Å². The van der Waals surface area contributed by atoms with Crippen molar-refractivity contribution in [1.29, 1.82) is 0 Å². The molecule has 1 amide bonds. The first kappa shape index (κ1) is 16.1. The highest BCUT2D eigenvalue weighted by atomic mass is 16.1. The Hall–Kier alpha value is -3.40. The number of nitrogens with zero attached hydrogens (tertiary/aromatic N) is 2. The number of aromatic nitrogens is 2. The van der Waals surface area contributed by atoms with Gasteiger partial charge in [0, 0.05) is 18.3 Å². The monoisotopic (exact) mass is 341 g/mol. The SMILES string of the molecule is O=C(NCCc1cnn(-c2ccccc2)c1)c1cccc2ccccc12. The van der Waals surface area contributed by atoms with Crippen molar-refractivity contribution >= 4 is 16.7 Å². The minimum absolute atomic E-state index is 0.0442. The van der Waals surface area contributed by atoms with E-state index in [1.54, 1.807) is 0 Å². The van der Waals surface area contributed by atoms with Gasteiger partial charge in [0.25, 0.3) is 5.91 Å². The Bertz CT molecular complexity index is 1030. The van der Waals surface area contributed by atoms with Gasteiger partial charge < -0.3 is 5.32 Å². The van der Waals surface area contributed by atoms with Crippen molar-refractivity contribution in [3.8, 4) is 5.69 Å². The number of benzene rings is 3. The summed E-state index contributed by atoms with van der Waals surface area (Å²) >= 11 is 0. The smallest absolute Gasteiger partial charge is 0.251 e. The van der Waals surface area contributed by atoms with Crippen LogP contribution < -0.4 is 5.32 Å². The molecule has 0 aliphatic rings. The van der Waals surface area contributed by atoms with E-state index in [2.05, 4.69) is 10.4 Å². The Kier molecular flexibility index (Phi) is 4.48. The maximum absolute atomic E-state index is 12.5. The van der Waals surface area contributed by atoms with Gasteiger partial charge in [0.2, 0.25) is 0 Å². The second-order valence-electron chi connectivity index (χ2n) is 6.16. The van der Waals surface area contributed by atoms with Gasteiger partial charge in [-0.3, -0.25) is 4.79 Å². The van der Waals surface area contributed by atoms with Crippen LogP contribution in [0.4, 0.5) is 0 Å². The first-order valence-corrected chi connectivity index (χ1v) is 8.66. The van der Waals surface area contributed by atoms with Crippen LogP contribution in [0.2, 0.25) is 0 Å². The topological polar surface area (TPSA) is 46.9 Å². The predicted molar refractivity (Wildman–Crippen MR) is 104 cm³/mol. The van der Waals surface area contributed by atoms with Crippen molar-refractivity contribution in [3.05, 3.63) is 96.3 Å². The molecule has 0 aliphatic carbocycles. The van der Waals surface area contributed by atoms with Crippen LogP contribution in [0, 0.1) is 0 Å². The summed E-state index contributed by atoms with van der Waals surface area (Å²) in [5.74, 6) is -0.0442. The molecule has 4 aromatic rings. The molecular weight excluding hydrogens is 322 g/mol. The summed E-state index contributed by atoms with van der Waals surface area (Å²) in [7, 11) is 0. The molecule has 0 aliphatic heterocycles. The fraction of sp³-hybridized carbons (Fsp3) is 0.0909. The lowest BCUT2D eigenvalue weighted by molar-refractivity contribution is 0.0956. The number of amides is 1. The molecule has 0 radical (unpaired) electrons. The Morgan fingerprint density at radius 1 is 0.923 bits per heavy atom. The highest BCUT2D eigenvalue weighted by molar-refractivity contribution is 6.06. The normalized spacial score (nSPS) is 10.8. The number of fused-ring (bicyclic) bond motifs is 1. The zero-order valence-corrected chi connectivity index (χ0v) is 14.3. The molecule has 4 nitrogen and oxygen atoms in total. The fourth-order valence-corrected chi connectivity index (χ4v) is 3.05. The van der Waals surface area contributed by atoms with Crippen LogP contribution in [0.1, 0.15) is 15.9 Å². The lowest BCUT2D eigenvalue weighted by Gasteiger charge is -2.07. The van der Waals surface area contributed by atoms with E-state index in [0.717, 1.165) is 28.4 Å². The highest BCUT2D eigenvalue weighted by Gasteiger charge is 2.09. The number of hydrogen-bond acceptors (Lipinski definition) is 2. The van der Waals surface area contributed by atoms with E-state index >= 15 is 0 Å². The maximum Gasteiger partial charge on any atom is 0.251 e. The van der Waals surface area contributed by atoms with Gasteiger partial charge in [0.15, 0.2) is 0 Å². The van der Waals surface area contributed by atoms with Crippen molar-refractivity contribution in [2.24, 2.45) is 0 Å². The summed E-state index contributed by atoms with van der Waals surface area (Å²) < 4.78 is 1.85. The Morgan fingerprint density at radius 2 is 1.69 bits per heavy atom. The van der Waals surface area contributed by atoms with Gasteiger partial charge in [-0.25, -0.2) is 4.68 Å². The van der Waals surface area contributed by atoms with Gasteiger partial charge in [-0.1, -0.05) is 54.6 Å². The Labute approximate surface area is 152 Å². The quantitative estimate of drug-likeness (QED) is 0.596. The van der Waals surface area contributed by atoms with Crippen molar-refractivity contribution in [3.63, 3.8) is 0 Å². The second kappa shape index (κ2) is 7.23. The molecule has 1 N–H and O–H groups in total. The van der Waals surface area contributed by atoms with E-state index in [-0.39, 0.29) is 5.91 Å². The van der Waals surface area contributed by atoms with Crippen molar-refractivity contribution in [2.75, 3.05) is 6.54 Å². The molecule has 0 bridgehead atoms. The van der Waals surface area contributed by atoms with Crippen LogP contribution in [0.15, 0.2) is 85.2 Å². The summed E-state index contributed by atoms with van der Waals surface area (Å²) in [5, 5.41) is 9.45. The summed E-state index contributed by atoms with van der Waals surface area (Å²) in [6.07, 6.45) is 4.58. The van der Waals surface area contributed by atoms with Crippen LogP contribution in [-0.2, 0) is 6.42 Å². The summed E-state index contributed by atoms with van der Waals surface area (Å²) in [6.45, 7) is 0.572. The zero-order chi connectivity index (χ0) is 17.8. The number of carbonyl (C=O) groups is 1. The van der Waals surface area contributed by atoms with Gasteiger partial charge >= 0.3 is 0 Å². The third-order valence-corrected chi connectivity index (χ3v) is 4.39.